The van der Waals surface area contributed by atoms with Gasteiger partial charge in [-0.1, -0.05) is 71.0 Å². The van der Waals surface area contributed by atoms with Gasteiger partial charge in [0.1, 0.15) is 22.4 Å². The van der Waals surface area contributed by atoms with Gasteiger partial charge >= 0.3 is 69.7 Å². The standard InChI is InChI=1S/C49H61N3O9S3.2Na.O3S/c1-11-27-51-40-25-23-35-33(2)31-34(64(59,60)61)32-38(35)46(40)49(8,9)42(51)20-13-12-14-21-43-48(6,7)45-37-18-15-19-41(63(57,58)50(10)28-16-22-44(53)47(3,4)5)36(37)24-26-39(45)52(43)29-17-30-62(54,55)56;;;1-4(2)3/h12-15,18-21,23-26,31-32H,1,11,16-17,22,27-30H2,2-10H3,(H,54,55,56)(H,59,60,61);;;/q;2*+1;/p-2. The summed E-state index contributed by atoms with van der Waals surface area (Å²) < 4.78 is 129. The minimum atomic E-state index is -4.70. The van der Waals surface area contributed by atoms with Crippen molar-refractivity contribution >= 4 is 85.3 Å². The summed E-state index contributed by atoms with van der Waals surface area (Å²) in [5.74, 6) is -0.478. The Morgan fingerprint density at radius 1 is 0.829 bits per heavy atom. The number of aryl methyl sites for hydroxylation is 1. The second-order valence-electron chi connectivity index (χ2n) is 19.1. The average molecular weight is 1060 g/mol. The summed E-state index contributed by atoms with van der Waals surface area (Å²) >= 11 is 0. The second kappa shape index (κ2) is 23.5. The van der Waals surface area contributed by atoms with E-state index >= 15 is 0 Å². The van der Waals surface area contributed by atoms with Gasteiger partial charge in [0.05, 0.1) is 25.3 Å². The van der Waals surface area contributed by atoms with Crippen LogP contribution in [0.15, 0.2) is 100 Å². The number of hydrogen-bond donors (Lipinski definition) is 0. The summed E-state index contributed by atoms with van der Waals surface area (Å²) in [6.45, 7) is 20.6. The number of benzene rings is 4. The van der Waals surface area contributed by atoms with Crippen molar-refractivity contribution < 1.29 is 115 Å². The number of rotatable bonds is 16. The Morgan fingerprint density at radius 3 is 2.04 bits per heavy atom. The largest absolute Gasteiger partial charge is 1.00 e. The summed E-state index contributed by atoms with van der Waals surface area (Å²) in [7, 11) is -14.7. The number of allylic oxidation sites excluding steroid dienone is 6. The fourth-order valence-corrected chi connectivity index (χ4v) is 11.8. The molecular weight excluding hydrogens is 997 g/mol. The molecule has 0 spiro atoms. The van der Waals surface area contributed by atoms with Crippen LogP contribution >= 0.6 is 0 Å². The van der Waals surface area contributed by atoms with Crippen LogP contribution in [0.25, 0.3) is 21.5 Å². The van der Waals surface area contributed by atoms with Gasteiger partial charge in [0.25, 0.3) is 0 Å². The SMILES string of the molecule is O=S(=O)=O.[CH2-]CC[N+]1=C(C=CC=CC=C2N(CCCS(=O)(=O)[O-])c3ccc4c(S(=O)(=O)N(C)CCCC(=O)C(C)(C)C)cccc4c3C2(C)C)C(C)(C)c2c1ccc1c(C)cc(S(=O)(=O)[O-])cc21.[Na+].[Na+]. The first kappa shape index (κ1) is 61.4. The van der Waals surface area contributed by atoms with Gasteiger partial charge < -0.3 is 20.9 Å². The molecule has 21 heteroatoms. The Balaban J connectivity index is 0.00000208. The number of carbonyl (C=O) groups excluding carboxylic acids is 1. The summed E-state index contributed by atoms with van der Waals surface area (Å²) in [6, 6.07) is 15.7. The average Bonchev–Trinajstić information content (AvgIpc) is 3.57. The third-order valence-electron chi connectivity index (χ3n) is 12.6. The molecule has 0 unspecified atom stereocenters. The molecular formula is C49H59N3Na2O12S4. The molecule has 2 aliphatic heterocycles. The molecule has 0 atom stereocenters. The van der Waals surface area contributed by atoms with Gasteiger partial charge in [0.15, 0.2) is 5.71 Å². The summed E-state index contributed by atoms with van der Waals surface area (Å²) in [5.41, 5.74) is 4.14. The molecule has 4 aromatic carbocycles. The monoisotopic (exact) mass is 1060 g/mol. The number of anilines is 1. The van der Waals surface area contributed by atoms with Crippen LogP contribution in [0.2, 0.25) is 0 Å². The third kappa shape index (κ3) is 13.4. The Hall–Kier alpha value is -2.89. The van der Waals surface area contributed by atoms with E-state index in [4.69, 9.17) is 12.6 Å². The van der Waals surface area contributed by atoms with Crippen molar-refractivity contribution in [2.75, 3.05) is 37.3 Å². The van der Waals surface area contributed by atoms with Crippen LogP contribution < -0.4 is 64.0 Å². The maximum atomic E-state index is 14.1. The molecule has 2 heterocycles. The van der Waals surface area contributed by atoms with Crippen molar-refractivity contribution in [3.8, 4) is 0 Å². The van der Waals surface area contributed by atoms with Gasteiger partial charge in [-0.2, -0.15) is 4.58 Å². The van der Waals surface area contributed by atoms with E-state index in [2.05, 4.69) is 25.3 Å². The fraction of sp³-hybridized carbons (Fsp3) is 0.408. The van der Waals surface area contributed by atoms with Crippen LogP contribution in [0.4, 0.5) is 11.4 Å². The van der Waals surface area contributed by atoms with Gasteiger partial charge in [-0.15, -0.1) is 19.0 Å². The molecule has 0 N–H and O–H groups in total. The molecule has 0 aromatic heterocycles. The molecule has 0 saturated carbocycles. The van der Waals surface area contributed by atoms with E-state index in [1.807, 2.05) is 94.2 Å². The van der Waals surface area contributed by atoms with Crippen LogP contribution in [0.3, 0.4) is 0 Å². The van der Waals surface area contributed by atoms with Crippen LogP contribution in [0.1, 0.15) is 90.8 Å². The number of nitrogens with zero attached hydrogens (tertiary/aromatic N) is 3. The van der Waals surface area contributed by atoms with E-state index in [0.717, 1.165) is 44.7 Å². The van der Waals surface area contributed by atoms with E-state index in [-0.39, 0.29) is 101 Å². The molecule has 15 nitrogen and oxygen atoms in total. The van der Waals surface area contributed by atoms with Gasteiger partial charge in [-0.3, -0.25) is 4.79 Å². The Kier molecular flexibility index (Phi) is 20.7. The first-order valence-corrected chi connectivity index (χ1v) is 27.4. The second-order valence-corrected chi connectivity index (χ2v) is 24.4. The molecule has 0 saturated heterocycles. The molecule has 0 aliphatic carbocycles. The Morgan fingerprint density at radius 2 is 1.46 bits per heavy atom. The smallest absolute Gasteiger partial charge is 0.748 e. The van der Waals surface area contributed by atoms with E-state index in [0.29, 0.717) is 35.7 Å². The summed E-state index contributed by atoms with van der Waals surface area (Å²) in [4.78, 5) is 14.4. The predicted octanol–water partition coefficient (Wildman–Crippen LogP) is 1.56. The number of carbonyl (C=O) groups is 1. The zero-order valence-electron chi connectivity index (χ0n) is 41.8. The molecule has 4 aromatic rings. The summed E-state index contributed by atoms with van der Waals surface area (Å²) in [5, 5.41) is 2.82. The molecule has 2 aliphatic rings. The Bertz CT molecular complexity index is 3260. The van der Waals surface area contributed by atoms with Crippen molar-refractivity contribution in [1.29, 1.82) is 0 Å². The van der Waals surface area contributed by atoms with Gasteiger partial charge in [0.2, 0.25) is 15.7 Å². The zero-order valence-corrected chi connectivity index (χ0v) is 49.1. The van der Waals surface area contributed by atoms with E-state index in [1.165, 1.54) is 23.5 Å². The number of Topliss-reactive ketones (excluding diaryl/α,β-unsaturated/α-hetero) is 1. The predicted molar refractivity (Wildman–Crippen MR) is 263 cm³/mol. The Labute approximate surface area is 459 Å². The van der Waals surface area contributed by atoms with Crippen LogP contribution in [-0.2, 0) is 56.5 Å². The van der Waals surface area contributed by atoms with Crippen LogP contribution in [0.5, 0.6) is 0 Å². The number of hydrogen-bond acceptors (Lipinski definition) is 13. The van der Waals surface area contributed by atoms with Crippen molar-refractivity contribution in [3.05, 3.63) is 114 Å². The molecule has 6 rings (SSSR count). The van der Waals surface area contributed by atoms with E-state index in [1.54, 1.807) is 25.1 Å². The maximum Gasteiger partial charge on any atom is 1.00 e. The first-order valence-electron chi connectivity index (χ1n) is 21.9. The molecule has 0 fully saturated rings. The first-order chi connectivity index (χ1) is 31.4. The maximum absolute atomic E-state index is 14.1. The minimum Gasteiger partial charge on any atom is -0.748 e. The van der Waals surface area contributed by atoms with Crippen molar-refractivity contribution in [1.82, 2.24) is 4.31 Å². The number of sulfonamides is 1. The number of fused-ring (bicyclic) bond motifs is 6. The summed E-state index contributed by atoms with van der Waals surface area (Å²) in [6.07, 6.45) is 11.0. The van der Waals surface area contributed by atoms with Gasteiger partial charge in [-0.25, -0.2) is 29.6 Å². The quantitative estimate of drug-likeness (QED) is 0.0511. The van der Waals surface area contributed by atoms with E-state index in [9.17, 15) is 39.2 Å². The minimum absolute atomic E-state index is 0. The van der Waals surface area contributed by atoms with Crippen molar-refractivity contribution in [2.45, 2.75) is 102 Å². The molecule has 0 amide bonds. The van der Waals surface area contributed by atoms with Crippen LogP contribution in [-0.4, -0.2) is 99.8 Å². The van der Waals surface area contributed by atoms with Crippen molar-refractivity contribution in [2.24, 2.45) is 5.41 Å². The third-order valence-corrected chi connectivity index (χ3v) is 16.1. The van der Waals surface area contributed by atoms with Crippen LogP contribution in [0, 0.1) is 19.3 Å². The van der Waals surface area contributed by atoms with Gasteiger partial charge in [-0.05, 0) is 97.3 Å². The normalized spacial score (nSPS) is 16.1. The number of ketones is 1. The molecule has 0 radical (unpaired) electrons. The molecule has 70 heavy (non-hydrogen) atoms. The van der Waals surface area contributed by atoms with E-state index < -0.39 is 62.9 Å². The van der Waals surface area contributed by atoms with Gasteiger partial charge in [0, 0.05) is 77.6 Å². The van der Waals surface area contributed by atoms with Crippen molar-refractivity contribution in [3.63, 3.8) is 0 Å². The molecule has 368 valence electrons. The molecule has 0 bridgehead atoms. The zero-order chi connectivity index (χ0) is 50.9. The topological polar surface area (TPSA) is 226 Å². The fourth-order valence-electron chi connectivity index (χ4n) is 9.34.